The highest BCUT2D eigenvalue weighted by atomic mass is 19.1. The van der Waals surface area contributed by atoms with Crippen LogP contribution in [0.25, 0.3) is 0 Å². The number of hydrogen-bond acceptors (Lipinski definition) is 4. The molecule has 0 fully saturated rings. The first-order valence-electron chi connectivity index (χ1n) is 6.14. The van der Waals surface area contributed by atoms with Crippen LogP contribution < -0.4 is 5.32 Å². The molecule has 0 saturated carbocycles. The second-order valence-electron chi connectivity index (χ2n) is 4.43. The molecule has 1 aromatic carbocycles. The molecule has 0 saturated heterocycles. The largest absolute Gasteiger partial charge is 0.305 e. The van der Waals surface area contributed by atoms with E-state index in [1.807, 2.05) is 6.92 Å². The SMILES string of the molecule is CC(NCc1ccc([N+](=O)[O-])cc1)c1ccc(F)cn1. The van der Waals surface area contributed by atoms with Crippen molar-refractivity contribution < 1.29 is 9.31 Å². The van der Waals surface area contributed by atoms with Crippen molar-refractivity contribution in [2.75, 3.05) is 0 Å². The summed E-state index contributed by atoms with van der Waals surface area (Å²) in [6.07, 6.45) is 1.18. The predicted octanol–water partition coefficient (Wildman–Crippen LogP) is 2.98. The molecule has 20 heavy (non-hydrogen) atoms. The minimum absolute atomic E-state index is 0.0363. The van der Waals surface area contributed by atoms with Crippen LogP contribution >= 0.6 is 0 Å². The fraction of sp³-hybridized carbons (Fsp3) is 0.214. The van der Waals surface area contributed by atoms with E-state index in [0.29, 0.717) is 6.54 Å². The maximum atomic E-state index is 12.8. The minimum atomic E-state index is -0.428. The second-order valence-corrected chi connectivity index (χ2v) is 4.43. The number of nitro groups is 1. The molecule has 0 bridgehead atoms. The Morgan fingerprint density at radius 3 is 2.55 bits per heavy atom. The van der Waals surface area contributed by atoms with Gasteiger partial charge in [-0.3, -0.25) is 15.1 Å². The molecule has 104 valence electrons. The van der Waals surface area contributed by atoms with Gasteiger partial charge in [-0.05, 0) is 24.6 Å². The van der Waals surface area contributed by atoms with E-state index in [2.05, 4.69) is 10.3 Å². The molecule has 6 heteroatoms. The second kappa shape index (κ2) is 6.21. The van der Waals surface area contributed by atoms with Crippen molar-refractivity contribution in [3.63, 3.8) is 0 Å². The molecule has 0 spiro atoms. The summed E-state index contributed by atoms with van der Waals surface area (Å²) in [7, 11) is 0. The molecular weight excluding hydrogens is 261 g/mol. The van der Waals surface area contributed by atoms with Gasteiger partial charge in [-0.15, -0.1) is 0 Å². The Balaban J connectivity index is 1.94. The highest BCUT2D eigenvalue weighted by molar-refractivity contribution is 5.32. The average Bonchev–Trinajstić information content (AvgIpc) is 2.46. The molecule has 1 atom stereocenters. The molecular formula is C14H14FN3O2. The summed E-state index contributed by atoms with van der Waals surface area (Å²) >= 11 is 0. The summed E-state index contributed by atoms with van der Waals surface area (Å²) < 4.78 is 12.8. The van der Waals surface area contributed by atoms with Crippen LogP contribution in [0.2, 0.25) is 0 Å². The maximum absolute atomic E-state index is 12.8. The number of nitrogens with zero attached hydrogens (tertiary/aromatic N) is 2. The van der Waals surface area contributed by atoms with Crippen LogP contribution in [-0.4, -0.2) is 9.91 Å². The number of rotatable bonds is 5. The van der Waals surface area contributed by atoms with E-state index in [0.717, 1.165) is 11.3 Å². The molecule has 1 aromatic heterocycles. The number of nitro benzene ring substituents is 1. The summed E-state index contributed by atoms with van der Waals surface area (Å²) in [6.45, 7) is 2.48. The van der Waals surface area contributed by atoms with Crippen molar-refractivity contribution in [3.05, 3.63) is 69.8 Å². The number of nitrogens with one attached hydrogen (secondary N) is 1. The van der Waals surface area contributed by atoms with Gasteiger partial charge in [0, 0.05) is 24.7 Å². The lowest BCUT2D eigenvalue weighted by Gasteiger charge is -2.13. The summed E-state index contributed by atoms with van der Waals surface area (Å²) in [4.78, 5) is 14.1. The van der Waals surface area contributed by atoms with Crippen LogP contribution in [0.3, 0.4) is 0 Å². The standard InChI is InChI=1S/C14H14FN3O2/c1-10(14-7-4-12(15)9-17-14)16-8-11-2-5-13(6-3-11)18(19)20/h2-7,9-10,16H,8H2,1H3. The smallest absolute Gasteiger partial charge is 0.269 e. The van der Waals surface area contributed by atoms with E-state index in [4.69, 9.17) is 0 Å². The fourth-order valence-electron chi connectivity index (χ4n) is 1.75. The van der Waals surface area contributed by atoms with Crippen molar-refractivity contribution >= 4 is 5.69 Å². The lowest BCUT2D eigenvalue weighted by atomic mass is 10.1. The Morgan fingerprint density at radius 1 is 1.30 bits per heavy atom. The summed E-state index contributed by atoms with van der Waals surface area (Å²) in [5.41, 5.74) is 1.75. The first-order chi connectivity index (χ1) is 9.56. The van der Waals surface area contributed by atoms with E-state index in [-0.39, 0.29) is 17.5 Å². The fourth-order valence-corrected chi connectivity index (χ4v) is 1.75. The monoisotopic (exact) mass is 275 g/mol. The molecule has 0 amide bonds. The molecule has 0 aliphatic rings. The molecule has 5 nitrogen and oxygen atoms in total. The van der Waals surface area contributed by atoms with Crippen LogP contribution in [-0.2, 0) is 6.54 Å². The number of pyridine rings is 1. The Morgan fingerprint density at radius 2 is 2.00 bits per heavy atom. The van der Waals surface area contributed by atoms with Crippen molar-refractivity contribution in [1.82, 2.24) is 10.3 Å². The quantitative estimate of drug-likeness (QED) is 0.672. The zero-order chi connectivity index (χ0) is 14.5. The van der Waals surface area contributed by atoms with Crippen LogP contribution in [0, 0.1) is 15.9 Å². The van der Waals surface area contributed by atoms with Gasteiger partial charge in [-0.2, -0.15) is 0 Å². The molecule has 1 N–H and O–H groups in total. The third kappa shape index (κ3) is 3.58. The van der Waals surface area contributed by atoms with Crippen molar-refractivity contribution in [2.45, 2.75) is 19.5 Å². The molecule has 0 radical (unpaired) electrons. The summed E-state index contributed by atoms with van der Waals surface area (Å²) in [5.74, 6) is -0.365. The molecule has 2 rings (SSSR count). The Labute approximate surface area is 115 Å². The normalized spacial score (nSPS) is 12.1. The van der Waals surface area contributed by atoms with Gasteiger partial charge < -0.3 is 5.32 Å². The molecule has 2 aromatic rings. The Bertz CT molecular complexity index is 584. The van der Waals surface area contributed by atoms with E-state index in [9.17, 15) is 14.5 Å². The predicted molar refractivity (Wildman–Crippen MR) is 72.5 cm³/mol. The highest BCUT2D eigenvalue weighted by Crippen LogP contribution is 2.14. The highest BCUT2D eigenvalue weighted by Gasteiger charge is 2.08. The third-order valence-electron chi connectivity index (χ3n) is 2.95. The van der Waals surface area contributed by atoms with E-state index >= 15 is 0 Å². The van der Waals surface area contributed by atoms with Crippen LogP contribution in [0.5, 0.6) is 0 Å². The van der Waals surface area contributed by atoms with Crippen molar-refractivity contribution in [1.29, 1.82) is 0 Å². The number of benzene rings is 1. The Kier molecular flexibility index (Phi) is 4.37. The first-order valence-corrected chi connectivity index (χ1v) is 6.14. The lowest BCUT2D eigenvalue weighted by Crippen LogP contribution is -2.19. The van der Waals surface area contributed by atoms with Gasteiger partial charge in [-0.1, -0.05) is 12.1 Å². The maximum Gasteiger partial charge on any atom is 0.269 e. The number of hydrogen-bond donors (Lipinski definition) is 1. The van der Waals surface area contributed by atoms with Gasteiger partial charge in [0.1, 0.15) is 5.82 Å². The molecule has 0 aliphatic heterocycles. The molecule has 1 unspecified atom stereocenters. The van der Waals surface area contributed by atoms with E-state index in [1.54, 1.807) is 18.2 Å². The molecule has 1 heterocycles. The van der Waals surface area contributed by atoms with E-state index in [1.165, 1.54) is 24.4 Å². The first kappa shape index (κ1) is 14.1. The van der Waals surface area contributed by atoms with Gasteiger partial charge in [0.05, 0.1) is 16.8 Å². The average molecular weight is 275 g/mol. The number of non-ortho nitro benzene ring substituents is 1. The zero-order valence-electron chi connectivity index (χ0n) is 10.9. The van der Waals surface area contributed by atoms with Crippen LogP contribution in [0.15, 0.2) is 42.6 Å². The number of halogens is 1. The van der Waals surface area contributed by atoms with Gasteiger partial charge in [-0.25, -0.2) is 4.39 Å². The van der Waals surface area contributed by atoms with Crippen LogP contribution in [0.1, 0.15) is 24.2 Å². The van der Waals surface area contributed by atoms with Gasteiger partial charge >= 0.3 is 0 Å². The van der Waals surface area contributed by atoms with Gasteiger partial charge in [0.15, 0.2) is 0 Å². The van der Waals surface area contributed by atoms with Crippen molar-refractivity contribution in [2.24, 2.45) is 0 Å². The van der Waals surface area contributed by atoms with Crippen LogP contribution in [0.4, 0.5) is 10.1 Å². The van der Waals surface area contributed by atoms with Gasteiger partial charge in [0.25, 0.3) is 5.69 Å². The summed E-state index contributed by atoms with van der Waals surface area (Å²) in [5, 5.41) is 13.8. The lowest BCUT2D eigenvalue weighted by molar-refractivity contribution is -0.384. The van der Waals surface area contributed by atoms with E-state index < -0.39 is 4.92 Å². The zero-order valence-corrected chi connectivity index (χ0v) is 10.9. The third-order valence-corrected chi connectivity index (χ3v) is 2.95. The summed E-state index contributed by atoms with van der Waals surface area (Å²) in [6, 6.07) is 9.31. The van der Waals surface area contributed by atoms with Crippen molar-refractivity contribution in [3.8, 4) is 0 Å². The minimum Gasteiger partial charge on any atom is -0.305 e. The molecule has 0 aliphatic carbocycles. The van der Waals surface area contributed by atoms with Gasteiger partial charge in [0.2, 0.25) is 0 Å². The Hall–Kier alpha value is -2.34. The number of aromatic nitrogens is 1. The topological polar surface area (TPSA) is 68.1 Å².